The van der Waals surface area contributed by atoms with E-state index >= 15 is 0 Å². The summed E-state index contributed by atoms with van der Waals surface area (Å²) < 4.78 is 5.22. The predicted octanol–water partition coefficient (Wildman–Crippen LogP) is 1.05. The summed E-state index contributed by atoms with van der Waals surface area (Å²) in [5.41, 5.74) is 3.17. The molecule has 0 spiro atoms. The Kier molecular flexibility index (Phi) is 6.65. The van der Waals surface area contributed by atoms with Crippen molar-refractivity contribution in [2.24, 2.45) is 0 Å². The maximum Gasteiger partial charge on any atom is 0.207 e. The van der Waals surface area contributed by atoms with Gasteiger partial charge in [0.2, 0.25) is 5.90 Å². The van der Waals surface area contributed by atoms with Gasteiger partial charge in [-0.3, -0.25) is 5.41 Å². The fraction of sp³-hybridized carbons (Fsp3) is 0.750. The van der Waals surface area contributed by atoms with Crippen LogP contribution in [-0.2, 0) is 4.74 Å². The Labute approximate surface area is 104 Å². The van der Waals surface area contributed by atoms with Crippen LogP contribution >= 0.6 is 0 Å². The number of nitrogens with zero attached hydrogens (tertiary/aromatic N) is 2. The van der Waals surface area contributed by atoms with E-state index in [1.54, 1.807) is 12.3 Å². The number of hydrazine groups is 1. The molecular formula is C12H24N4O. The largest absolute Gasteiger partial charge is 0.478 e. The Morgan fingerprint density at radius 3 is 2.71 bits per heavy atom. The Morgan fingerprint density at radius 2 is 2.06 bits per heavy atom. The van der Waals surface area contributed by atoms with Crippen molar-refractivity contribution in [2.75, 3.05) is 39.8 Å². The summed E-state index contributed by atoms with van der Waals surface area (Å²) in [6.45, 7) is 6.90. The molecule has 5 heteroatoms. The lowest BCUT2D eigenvalue weighted by Gasteiger charge is -2.31. The molecule has 17 heavy (non-hydrogen) atoms. The van der Waals surface area contributed by atoms with Crippen LogP contribution in [-0.4, -0.2) is 55.6 Å². The van der Waals surface area contributed by atoms with Crippen LogP contribution in [0, 0.1) is 5.41 Å². The predicted molar refractivity (Wildman–Crippen MR) is 69.9 cm³/mol. The highest BCUT2D eigenvalue weighted by Gasteiger charge is 2.11. The van der Waals surface area contributed by atoms with Gasteiger partial charge in [0, 0.05) is 38.5 Å². The van der Waals surface area contributed by atoms with E-state index in [0.717, 1.165) is 39.0 Å². The maximum atomic E-state index is 7.54. The van der Waals surface area contributed by atoms with E-state index in [9.17, 15) is 0 Å². The molecule has 1 heterocycles. The van der Waals surface area contributed by atoms with Gasteiger partial charge in [-0.15, -0.1) is 0 Å². The van der Waals surface area contributed by atoms with Gasteiger partial charge in [0.05, 0.1) is 6.61 Å². The first-order chi connectivity index (χ1) is 8.22. The zero-order valence-electron chi connectivity index (χ0n) is 10.9. The highest BCUT2D eigenvalue weighted by molar-refractivity contribution is 5.84. The van der Waals surface area contributed by atoms with Crippen molar-refractivity contribution in [3.8, 4) is 0 Å². The van der Waals surface area contributed by atoms with Gasteiger partial charge in [-0.1, -0.05) is 13.3 Å². The van der Waals surface area contributed by atoms with Crippen LogP contribution in [0.15, 0.2) is 12.3 Å². The van der Waals surface area contributed by atoms with E-state index in [1.807, 2.05) is 0 Å². The Balaban J connectivity index is 2.10. The highest BCUT2D eigenvalue weighted by Crippen LogP contribution is 1.95. The summed E-state index contributed by atoms with van der Waals surface area (Å²) >= 11 is 0. The third-order valence-electron chi connectivity index (χ3n) is 2.75. The van der Waals surface area contributed by atoms with Gasteiger partial charge in [-0.25, -0.2) is 5.01 Å². The van der Waals surface area contributed by atoms with Gasteiger partial charge >= 0.3 is 0 Å². The van der Waals surface area contributed by atoms with Crippen LogP contribution in [0.25, 0.3) is 0 Å². The molecule has 0 bridgehead atoms. The van der Waals surface area contributed by atoms with Crippen molar-refractivity contribution in [2.45, 2.75) is 19.8 Å². The first-order valence-electron chi connectivity index (χ1n) is 6.30. The zero-order chi connectivity index (χ0) is 12.5. The number of nitrogens with one attached hydrogen (secondary N) is 2. The van der Waals surface area contributed by atoms with E-state index in [-0.39, 0.29) is 5.90 Å². The maximum absolute atomic E-state index is 7.54. The molecule has 1 aliphatic heterocycles. The van der Waals surface area contributed by atoms with Gasteiger partial charge in [0.1, 0.15) is 0 Å². The number of ether oxygens (including phenoxy) is 1. The summed E-state index contributed by atoms with van der Waals surface area (Å²) in [6, 6.07) is 0. The molecule has 0 saturated carbocycles. The number of likely N-dealkylation sites (N-methyl/N-ethyl adjacent to an activating group) is 1. The molecule has 1 saturated heterocycles. The number of unbranched alkanes of at least 4 members (excludes halogenated alkanes) is 1. The molecule has 1 rings (SSSR count). The quantitative estimate of drug-likeness (QED) is 0.414. The molecule has 0 aromatic rings. The molecule has 0 unspecified atom stereocenters. The smallest absolute Gasteiger partial charge is 0.207 e. The monoisotopic (exact) mass is 240 g/mol. The minimum atomic E-state index is 0.222. The first-order valence-corrected chi connectivity index (χ1v) is 6.30. The summed E-state index contributed by atoms with van der Waals surface area (Å²) in [6.07, 6.45) is 5.53. The molecule has 0 atom stereocenters. The molecule has 0 aliphatic carbocycles. The van der Waals surface area contributed by atoms with Crippen molar-refractivity contribution in [1.82, 2.24) is 15.3 Å². The second-order valence-electron chi connectivity index (χ2n) is 4.32. The minimum absolute atomic E-state index is 0.222. The van der Waals surface area contributed by atoms with Gasteiger partial charge in [0.15, 0.2) is 0 Å². The molecule has 98 valence electrons. The molecular weight excluding hydrogens is 216 g/mol. The summed E-state index contributed by atoms with van der Waals surface area (Å²) in [4.78, 5) is 2.30. The van der Waals surface area contributed by atoms with E-state index in [1.165, 1.54) is 0 Å². The van der Waals surface area contributed by atoms with E-state index in [4.69, 9.17) is 10.1 Å². The van der Waals surface area contributed by atoms with Crippen LogP contribution < -0.4 is 5.43 Å². The number of hydrogen-bond acceptors (Lipinski definition) is 5. The minimum Gasteiger partial charge on any atom is -0.478 e. The first kappa shape index (κ1) is 14.0. The summed E-state index contributed by atoms with van der Waals surface area (Å²) in [5.74, 6) is 0.222. The summed E-state index contributed by atoms with van der Waals surface area (Å²) in [5, 5.41) is 9.69. The lowest BCUT2D eigenvalue weighted by molar-refractivity contribution is 0.123. The SMILES string of the molecule is CCCCOC(=N)/C=C\NN1CCN(C)CC1. The van der Waals surface area contributed by atoms with Crippen LogP contribution in [0.2, 0.25) is 0 Å². The molecule has 1 fully saturated rings. The third kappa shape index (κ3) is 6.28. The topological polar surface area (TPSA) is 51.6 Å². The van der Waals surface area contributed by atoms with Crippen LogP contribution in [0.4, 0.5) is 0 Å². The number of piperazine rings is 1. The zero-order valence-corrected chi connectivity index (χ0v) is 10.9. The third-order valence-corrected chi connectivity index (χ3v) is 2.75. The van der Waals surface area contributed by atoms with E-state index in [2.05, 4.69) is 29.3 Å². The van der Waals surface area contributed by atoms with Crippen molar-refractivity contribution < 1.29 is 4.74 Å². The molecule has 1 aliphatic rings. The normalized spacial score (nSPS) is 18.5. The lowest BCUT2D eigenvalue weighted by Crippen LogP contribution is -2.49. The van der Waals surface area contributed by atoms with Crippen molar-refractivity contribution in [3.05, 3.63) is 12.3 Å². The number of rotatable bonds is 6. The van der Waals surface area contributed by atoms with Crippen LogP contribution in [0.3, 0.4) is 0 Å². The summed E-state index contributed by atoms with van der Waals surface area (Å²) in [7, 11) is 2.13. The van der Waals surface area contributed by atoms with Crippen molar-refractivity contribution in [1.29, 1.82) is 5.41 Å². The molecule has 0 amide bonds. The van der Waals surface area contributed by atoms with Crippen LogP contribution in [0.5, 0.6) is 0 Å². The van der Waals surface area contributed by atoms with Gasteiger partial charge in [-0.2, -0.15) is 0 Å². The standard InChI is InChI=1S/C12H24N4O/c1-3-4-11-17-12(13)5-6-14-16-9-7-15(2)8-10-16/h5-6,13-14H,3-4,7-11H2,1-2H3/b6-5-,13-12?. The molecule has 0 aromatic carbocycles. The molecule has 5 nitrogen and oxygen atoms in total. The fourth-order valence-electron chi connectivity index (χ4n) is 1.53. The van der Waals surface area contributed by atoms with Gasteiger partial charge in [-0.05, 0) is 13.5 Å². The number of hydrogen-bond donors (Lipinski definition) is 2. The lowest BCUT2D eigenvalue weighted by atomic mass is 10.4. The Bertz CT molecular complexity index is 247. The van der Waals surface area contributed by atoms with Gasteiger partial charge < -0.3 is 15.1 Å². The Hall–Kier alpha value is -1.07. The van der Waals surface area contributed by atoms with Crippen molar-refractivity contribution >= 4 is 5.90 Å². The molecule has 2 N–H and O–H groups in total. The van der Waals surface area contributed by atoms with E-state index < -0.39 is 0 Å². The fourth-order valence-corrected chi connectivity index (χ4v) is 1.53. The van der Waals surface area contributed by atoms with Crippen molar-refractivity contribution in [3.63, 3.8) is 0 Å². The second-order valence-corrected chi connectivity index (χ2v) is 4.32. The average molecular weight is 240 g/mol. The second kappa shape index (κ2) is 8.08. The van der Waals surface area contributed by atoms with Crippen LogP contribution in [0.1, 0.15) is 19.8 Å². The molecule has 0 radical (unpaired) electrons. The Morgan fingerprint density at radius 1 is 1.35 bits per heavy atom. The average Bonchev–Trinajstić information content (AvgIpc) is 2.32. The van der Waals surface area contributed by atoms with E-state index in [0.29, 0.717) is 6.61 Å². The van der Waals surface area contributed by atoms with Gasteiger partial charge in [0.25, 0.3) is 0 Å². The highest BCUT2D eigenvalue weighted by atomic mass is 16.5. The molecule has 0 aromatic heterocycles.